The summed E-state index contributed by atoms with van der Waals surface area (Å²) in [6, 6.07) is 4.64. The summed E-state index contributed by atoms with van der Waals surface area (Å²) in [6.07, 6.45) is 8.96. The summed E-state index contributed by atoms with van der Waals surface area (Å²) < 4.78 is 14.5. The highest BCUT2D eigenvalue weighted by molar-refractivity contribution is 9.10. The molecular weight excluding hydrogens is 411 g/mol. The second-order valence-electron chi connectivity index (χ2n) is 7.34. The van der Waals surface area contributed by atoms with Crippen molar-refractivity contribution in [3.63, 3.8) is 0 Å². The number of likely N-dealkylation sites (tertiary alicyclic amines) is 2. The van der Waals surface area contributed by atoms with Gasteiger partial charge in [-0.25, -0.2) is 4.39 Å². The molecule has 4 nitrogen and oxygen atoms in total. The summed E-state index contributed by atoms with van der Waals surface area (Å²) in [7, 11) is 0. The van der Waals surface area contributed by atoms with Crippen LogP contribution in [0.4, 0.5) is 4.39 Å². The Morgan fingerprint density at radius 1 is 1.00 bits per heavy atom. The fourth-order valence-electron chi connectivity index (χ4n) is 3.80. The van der Waals surface area contributed by atoms with E-state index >= 15 is 0 Å². The molecule has 6 heteroatoms. The fraction of sp³-hybridized carbons (Fsp3) is 0.524. The predicted octanol–water partition coefficient (Wildman–Crippen LogP) is 4.24. The molecule has 2 fully saturated rings. The van der Waals surface area contributed by atoms with Gasteiger partial charge in [0.2, 0.25) is 11.8 Å². The average molecular weight is 437 g/mol. The van der Waals surface area contributed by atoms with Gasteiger partial charge in [0.1, 0.15) is 5.82 Å². The van der Waals surface area contributed by atoms with Gasteiger partial charge in [-0.05, 0) is 50.0 Å². The first-order chi connectivity index (χ1) is 13.0. The minimum Gasteiger partial charge on any atom is -0.342 e. The molecule has 0 saturated carbocycles. The third kappa shape index (κ3) is 5.41. The van der Waals surface area contributed by atoms with Crippen LogP contribution in [0.2, 0.25) is 0 Å². The van der Waals surface area contributed by atoms with Crippen LogP contribution in [0.1, 0.15) is 44.1 Å². The molecule has 2 amide bonds. The van der Waals surface area contributed by atoms with E-state index in [0.717, 1.165) is 30.4 Å². The monoisotopic (exact) mass is 436 g/mol. The van der Waals surface area contributed by atoms with Crippen molar-refractivity contribution in [1.82, 2.24) is 9.80 Å². The molecule has 0 aliphatic carbocycles. The number of hydrogen-bond donors (Lipinski definition) is 0. The fourth-order valence-corrected chi connectivity index (χ4v) is 4.18. The Morgan fingerprint density at radius 2 is 1.67 bits per heavy atom. The zero-order valence-corrected chi connectivity index (χ0v) is 17.1. The van der Waals surface area contributed by atoms with E-state index in [0.29, 0.717) is 31.5 Å². The second kappa shape index (κ2) is 9.49. The summed E-state index contributed by atoms with van der Waals surface area (Å²) >= 11 is 3.31. The Kier molecular flexibility index (Phi) is 7.05. The first kappa shape index (κ1) is 20.1. The standard InChI is InChI=1S/C21H26BrFN2O2/c22-18-6-7-19(23)17(15-18)5-8-20(26)24-13-9-16(10-14-24)21(27)25-11-3-1-2-4-12-25/h5-8,15-16H,1-4,9-14H2/b8-5+. The van der Waals surface area contributed by atoms with Crippen LogP contribution in [0.25, 0.3) is 6.08 Å². The van der Waals surface area contributed by atoms with E-state index in [-0.39, 0.29) is 23.5 Å². The third-order valence-electron chi connectivity index (χ3n) is 5.44. The van der Waals surface area contributed by atoms with E-state index in [1.807, 2.05) is 4.90 Å². The first-order valence-corrected chi connectivity index (χ1v) is 10.5. The molecule has 0 atom stereocenters. The second-order valence-corrected chi connectivity index (χ2v) is 8.25. The summed E-state index contributed by atoms with van der Waals surface area (Å²) in [5.41, 5.74) is 0.379. The van der Waals surface area contributed by atoms with Crippen molar-refractivity contribution in [2.75, 3.05) is 26.2 Å². The van der Waals surface area contributed by atoms with Gasteiger partial charge in [-0.1, -0.05) is 28.8 Å². The molecule has 0 bridgehead atoms. The molecule has 146 valence electrons. The van der Waals surface area contributed by atoms with Gasteiger partial charge in [0.05, 0.1) is 0 Å². The average Bonchev–Trinajstić information content (AvgIpc) is 2.97. The van der Waals surface area contributed by atoms with Crippen LogP contribution >= 0.6 is 15.9 Å². The molecule has 2 aliphatic rings. The molecule has 2 saturated heterocycles. The number of halogens is 2. The van der Waals surface area contributed by atoms with Crippen molar-refractivity contribution in [3.05, 3.63) is 40.1 Å². The number of carbonyl (C=O) groups excluding carboxylic acids is 2. The summed E-state index contributed by atoms with van der Waals surface area (Å²) in [6.45, 7) is 2.90. The molecule has 2 heterocycles. The number of rotatable bonds is 3. The number of benzene rings is 1. The summed E-state index contributed by atoms with van der Waals surface area (Å²) in [4.78, 5) is 28.9. The van der Waals surface area contributed by atoms with Gasteiger partial charge in [-0.3, -0.25) is 9.59 Å². The predicted molar refractivity (Wildman–Crippen MR) is 107 cm³/mol. The Hall–Kier alpha value is -1.69. The maximum absolute atomic E-state index is 13.8. The maximum Gasteiger partial charge on any atom is 0.246 e. The quantitative estimate of drug-likeness (QED) is 0.664. The SMILES string of the molecule is O=C(/C=C/c1cc(Br)ccc1F)N1CCC(C(=O)N2CCCCCC2)CC1. The first-order valence-electron chi connectivity index (χ1n) is 9.75. The number of carbonyl (C=O) groups is 2. The van der Waals surface area contributed by atoms with Crippen LogP contribution in [0.3, 0.4) is 0 Å². The molecule has 1 aromatic rings. The van der Waals surface area contributed by atoms with E-state index in [2.05, 4.69) is 15.9 Å². The molecule has 0 N–H and O–H groups in total. The third-order valence-corrected chi connectivity index (χ3v) is 5.93. The normalized spacial score (nSPS) is 19.3. The Balaban J connectivity index is 1.52. The van der Waals surface area contributed by atoms with E-state index in [9.17, 15) is 14.0 Å². The van der Waals surface area contributed by atoms with Crippen LogP contribution < -0.4 is 0 Å². The van der Waals surface area contributed by atoms with E-state index in [4.69, 9.17) is 0 Å². The molecular formula is C21H26BrFN2O2. The zero-order chi connectivity index (χ0) is 19.2. The molecule has 27 heavy (non-hydrogen) atoms. The number of piperidine rings is 1. The van der Waals surface area contributed by atoms with E-state index in [1.54, 1.807) is 17.0 Å². The lowest BCUT2D eigenvalue weighted by atomic mass is 9.95. The molecule has 3 rings (SSSR count). The zero-order valence-electron chi connectivity index (χ0n) is 15.5. The van der Waals surface area contributed by atoms with Gasteiger partial charge in [-0.15, -0.1) is 0 Å². The lowest BCUT2D eigenvalue weighted by molar-refractivity contribution is -0.139. The van der Waals surface area contributed by atoms with Crippen molar-refractivity contribution >= 4 is 33.8 Å². The van der Waals surface area contributed by atoms with Gasteiger partial charge in [0.25, 0.3) is 0 Å². The van der Waals surface area contributed by atoms with Crippen molar-refractivity contribution in [3.8, 4) is 0 Å². The van der Waals surface area contributed by atoms with Crippen molar-refractivity contribution in [1.29, 1.82) is 0 Å². The molecule has 0 radical (unpaired) electrons. The Morgan fingerprint density at radius 3 is 2.33 bits per heavy atom. The topological polar surface area (TPSA) is 40.6 Å². The molecule has 0 spiro atoms. The Labute approximate surface area is 168 Å². The van der Waals surface area contributed by atoms with Crippen molar-refractivity contribution in [2.24, 2.45) is 5.92 Å². The minimum atomic E-state index is -0.357. The van der Waals surface area contributed by atoms with Gasteiger partial charge in [0, 0.05) is 48.2 Å². The van der Waals surface area contributed by atoms with Gasteiger partial charge >= 0.3 is 0 Å². The lowest BCUT2D eigenvalue weighted by Crippen LogP contribution is -2.44. The summed E-state index contributed by atoms with van der Waals surface area (Å²) in [5, 5.41) is 0. The highest BCUT2D eigenvalue weighted by Crippen LogP contribution is 2.22. The summed E-state index contributed by atoms with van der Waals surface area (Å²) in [5.74, 6) is -0.201. The molecule has 2 aliphatic heterocycles. The van der Waals surface area contributed by atoms with Crippen LogP contribution in [0.5, 0.6) is 0 Å². The van der Waals surface area contributed by atoms with Gasteiger partial charge in [-0.2, -0.15) is 0 Å². The van der Waals surface area contributed by atoms with Gasteiger partial charge in [0.15, 0.2) is 0 Å². The smallest absolute Gasteiger partial charge is 0.246 e. The number of amides is 2. The highest BCUT2D eigenvalue weighted by atomic mass is 79.9. The van der Waals surface area contributed by atoms with E-state index in [1.165, 1.54) is 31.1 Å². The lowest BCUT2D eigenvalue weighted by Gasteiger charge is -2.33. The maximum atomic E-state index is 13.8. The van der Waals surface area contributed by atoms with E-state index < -0.39 is 0 Å². The van der Waals surface area contributed by atoms with Crippen molar-refractivity contribution < 1.29 is 14.0 Å². The highest BCUT2D eigenvalue weighted by Gasteiger charge is 2.29. The molecule has 1 aromatic carbocycles. The number of hydrogen-bond acceptors (Lipinski definition) is 2. The largest absolute Gasteiger partial charge is 0.342 e. The minimum absolute atomic E-state index is 0.0265. The molecule has 0 unspecified atom stereocenters. The van der Waals surface area contributed by atoms with Crippen LogP contribution in [-0.4, -0.2) is 47.8 Å². The van der Waals surface area contributed by atoms with Crippen molar-refractivity contribution in [2.45, 2.75) is 38.5 Å². The van der Waals surface area contributed by atoms with Crippen LogP contribution in [0, 0.1) is 11.7 Å². The molecule has 0 aromatic heterocycles. The van der Waals surface area contributed by atoms with Crippen LogP contribution in [0.15, 0.2) is 28.7 Å². The van der Waals surface area contributed by atoms with Gasteiger partial charge < -0.3 is 9.80 Å². The number of nitrogens with zero attached hydrogens (tertiary/aromatic N) is 2. The van der Waals surface area contributed by atoms with Crippen LogP contribution in [-0.2, 0) is 9.59 Å². The Bertz CT molecular complexity index is 706.